The zero-order chi connectivity index (χ0) is 23.8. The monoisotopic (exact) mass is 492 g/mol. The minimum Gasteiger partial charge on any atom is -0.465 e. The zero-order valence-electron chi connectivity index (χ0n) is 17.7. The van der Waals surface area contributed by atoms with Gasteiger partial charge >= 0.3 is 5.97 Å². The number of carbonyl (C=O) groups is 2. The molecule has 0 spiro atoms. The molecule has 0 aliphatic carbocycles. The number of hydrogen-bond donors (Lipinski definition) is 2. The van der Waals surface area contributed by atoms with Gasteiger partial charge < -0.3 is 14.5 Å². The van der Waals surface area contributed by atoms with Crippen molar-refractivity contribution < 1.29 is 27.5 Å². The van der Waals surface area contributed by atoms with Crippen molar-refractivity contribution in [1.29, 1.82) is 0 Å². The first-order chi connectivity index (χ1) is 15.7. The van der Waals surface area contributed by atoms with E-state index in [0.29, 0.717) is 24.4 Å². The van der Waals surface area contributed by atoms with E-state index in [4.69, 9.17) is 9.47 Å². The number of amides is 1. The Morgan fingerprint density at radius 2 is 1.97 bits per heavy atom. The van der Waals surface area contributed by atoms with Crippen LogP contribution in [0.3, 0.4) is 0 Å². The number of pyridine rings is 1. The molecule has 1 aliphatic heterocycles. The third-order valence-electron chi connectivity index (χ3n) is 5.05. The number of H-pyrrole nitrogens is 1. The zero-order valence-corrected chi connectivity index (χ0v) is 19.3. The Labute approximate surface area is 192 Å². The summed E-state index contributed by atoms with van der Waals surface area (Å²) in [4.78, 5) is 43.9. The number of morpholine rings is 1. The van der Waals surface area contributed by atoms with Crippen LogP contribution in [0, 0.1) is 6.92 Å². The average molecular weight is 493 g/mol. The first-order valence-electron chi connectivity index (χ1n) is 9.83. The van der Waals surface area contributed by atoms with E-state index in [1.165, 1.54) is 29.6 Å². The van der Waals surface area contributed by atoms with Crippen molar-refractivity contribution in [3.8, 4) is 0 Å². The van der Waals surface area contributed by atoms with Crippen LogP contribution in [0.1, 0.15) is 25.7 Å². The molecule has 0 saturated carbocycles. The smallest absolute Gasteiger partial charge is 0.350 e. The number of esters is 1. The minimum absolute atomic E-state index is 0.00364. The molecule has 1 aliphatic rings. The molecule has 33 heavy (non-hydrogen) atoms. The first-order valence-corrected chi connectivity index (χ1v) is 12.1. The number of carbonyl (C=O) groups excluding carboxylic acids is 2. The summed E-state index contributed by atoms with van der Waals surface area (Å²) in [6.45, 7) is 2.66. The molecule has 2 aromatic heterocycles. The van der Waals surface area contributed by atoms with E-state index in [1.807, 2.05) is 0 Å². The maximum absolute atomic E-state index is 13.0. The summed E-state index contributed by atoms with van der Waals surface area (Å²) in [5.41, 5.74) is 0.137. The van der Waals surface area contributed by atoms with Gasteiger partial charge in [0.2, 0.25) is 15.6 Å². The Bertz CT molecular complexity index is 1410. The van der Waals surface area contributed by atoms with Gasteiger partial charge in [0, 0.05) is 30.1 Å². The van der Waals surface area contributed by atoms with Crippen molar-refractivity contribution in [2.75, 3.05) is 38.7 Å². The molecule has 2 N–H and O–H groups in total. The number of fused-ring (bicyclic) bond motifs is 1. The van der Waals surface area contributed by atoms with Gasteiger partial charge in [-0.05, 0) is 25.1 Å². The molecule has 1 fully saturated rings. The number of aryl methyl sites for hydroxylation is 1. The standard InChI is InChI=1S/C20H20N4O7S2/c1-11-17(19(27)30-2)32-20(21-11)23-18(26)14-10-16(25)22-15-4-3-12(9-13(14)15)33(28,29)24-5-7-31-8-6-24/h3-4,9-10H,5-8H2,1-2H3,(H,22,25)(H,21,23,26). The lowest BCUT2D eigenvalue weighted by atomic mass is 10.1. The summed E-state index contributed by atoms with van der Waals surface area (Å²) in [7, 11) is -2.57. The summed E-state index contributed by atoms with van der Waals surface area (Å²) >= 11 is 0.933. The molecular weight excluding hydrogens is 472 g/mol. The summed E-state index contributed by atoms with van der Waals surface area (Å²) in [6, 6.07) is 5.28. The van der Waals surface area contributed by atoms with E-state index in [0.717, 1.165) is 17.4 Å². The van der Waals surface area contributed by atoms with Gasteiger partial charge in [0.15, 0.2) is 5.13 Å². The highest BCUT2D eigenvalue weighted by Gasteiger charge is 2.27. The predicted molar refractivity (Wildman–Crippen MR) is 120 cm³/mol. The predicted octanol–water partition coefficient (Wildman–Crippen LogP) is 1.35. The molecule has 11 nitrogen and oxygen atoms in total. The van der Waals surface area contributed by atoms with Crippen LogP contribution in [0.4, 0.5) is 5.13 Å². The van der Waals surface area contributed by atoms with Crippen LogP contribution in [0.5, 0.6) is 0 Å². The van der Waals surface area contributed by atoms with E-state index >= 15 is 0 Å². The van der Waals surface area contributed by atoms with E-state index in [1.54, 1.807) is 6.92 Å². The summed E-state index contributed by atoms with van der Waals surface area (Å²) in [6.07, 6.45) is 0. The molecule has 3 aromatic rings. The number of anilines is 1. The highest BCUT2D eigenvalue weighted by Crippen LogP contribution is 2.26. The van der Waals surface area contributed by atoms with Crippen LogP contribution < -0.4 is 10.9 Å². The maximum atomic E-state index is 13.0. The highest BCUT2D eigenvalue weighted by molar-refractivity contribution is 7.89. The Balaban J connectivity index is 1.72. The van der Waals surface area contributed by atoms with Gasteiger partial charge in [-0.3, -0.25) is 14.9 Å². The number of aromatic amines is 1. The third kappa shape index (κ3) is 4.53. The molecule has 13 heteroatoms. The third-order valence-corrected chi connectivity index (χ3v) is 8.00. The van der Waals surface area contributed by atoms with Gasteiger partial charge in [-0.25, -0.2) is 18.2 Å². The number of hydrogen-bond acceptors (Lipinski definition) is 9. The summed E-state index contributed by atoms with van der Waals surface area (Å²) in [5, 5.41) is 2.97. The topological polar surface area (TPSA) is 148 Å². The number of methoxy groups -OCH3 is 1. The van der Waals surface area contributed by atoms with E-state index < -0.39 is 27.5 Å². The van der Waals surface area contributed by atoms with E-state index in [-0.39, 0.29) is 38.9 Å². The second-order valence-corrected chi connectivity index (χ2v) is 10.1. The molecule has 3 heterocycles. The fraction of sp³-hybridized carbons (Fsp3) is 0.300. The Morgan fingerprint density at radius 3 is 2.67 bits per heavy atom. The summed E-state index contributed by atoms with van der Waals surface area (Å²) < 4.78 is 37.3. The average Bonchev–Trinajstić information content (AvgIpc) is 3.17. The molecule has 0 unspecified atom stereocenters. The van der Waals surface area contributed by atoms with Crippen molar-refractivity contribution in [2.24, 2.45) is 0 Å². The first kappa shape index (κ1) is 23.0. The Kier molecular flexibility index (Phi) is 6.30. The van der Waals surface area contributed by atoms with Crippen LogP contribution in [-0.2, 0) is 19.5 Å². The van der Waals surface area contributed by atoms with E-state index in [2.05, 4.69) is 15.3 Å². The second kappa shape index (κ2) is 9.02. The van der Waals surface area contributed by atoms with Crippen LogP contribution >= 0.6 is 11.3 Å². The molecule has 0 bridgehead atoms. The molecule has 0 atom stereocenters. The lowest BCUT2D eigenvalue weighted by molar-refractivity contribution is 0.0605. The number of benzene rings is 1. The van der Waals surface area contributed by atoms with Gasteiger partial charge in [-0.1, -0.05) is 11.3 Å². The summed E-state index contributed by atoms with van der Waals surface area (Å²) in [5.74, 6) is -1.25. The minimum atomic E-state index is -3.81. The maximum Gasteiger partial charge on any atom is 0.350 e. The SMILES string of the molecule is COC(=O)c1sc(NC(=O)c2cc(=O)[nH]c3ccc(S(=O)(=O)N4CCOCC4)cc23)nc1C. The number of nitrogens with one attached hydrogen (secondary N) is 2. The van der Waals surface area contributed by atoms with Crippen LogP contribution in [0.15, 0.2) is 34.0 Å². The largest absolute Gasteiger partial charge is 0.465 e. The fourth-order valence-corrected chi connectivity index (χ4v) is 5.73. The number of sulfonamides is 1. The molecular formula is C20H20N4O7S2. The van der Waals surface area contributed by atoms with Crippen molar-refractivity contribution in [3.63, 3.8) is 0 Å². The molecule has 174 valence electrons. The van der Waals surface area contributed by atoms with Crippen molar-refractivity contribution in [1.82, 2.24) is 14.3 Å². The lowest BCUT2D eigenvalue weighted by Crippen LogP contribution is -2.40. The number of nitrogens with zero attached hydrogens (tertiary/aromatic N) is 2. The lowest BCUT2D eigenvalue weighted by Gasteiger charge is -2.26. The highest BCUT2D eigenvalue weighted by atomic mass is 32.2. The van der Waals surface area contributed by atoms with Gasteiger partial charge in [0.25, 0.3) is 5.91 Å². The van der Waals surface area contributed by atoms with Crippen molar-refractivity contribution in [2.45, 2.75) is 11.8 Å². The number of thiazole rings is 1. The number of rotatable bonds is 5. The van der Waals surface area contributed by atoms with E-state index in [9.17, 15) is 22.8 Å². The van der Waals surface area contributed by atoms with Crippen LogP contribution in [0.25, 0.3) is 10.9 Å². The molecule has 1 amide bonds. The number of aromatic nitrogens is 2. The van der Waals surface area contributed by atoms with Gasteiger partial charge in [0.1, 0.15) is 4.88 Å². The number of ether oxygens (including phenoxy) is 2. The molecule has 4 rings (SSSR count). The Morgan fingerprint density at radius 1 is 1.24 bits per heavy atom. The van der Waals surface area contributed by atoms with Crippen molar-refractivity contribution in [3.05, 3.63) is 50.8 Å². The van der Waals surface area contributed by atoms with Crippen molar-refractivity contribution >= 4 is 49.3 Å². The quantitative estimate of drug-likeness (QED) is 0.507. The van der Waals surface area contributed by atoms with Gasteiger partial charge in [0.05, 0.1) is 36.5 Å². The van der Waals surface area contributed by atoms with Crippen LogP contribution in [0.2, 0.25) is 0 Å². The van der Waals surface area contributed by atoms with Gasteiger partial charge in [-0.2, -0.15) is 4.31 Å². The fourth-order valence-electron chi connectivity index (χ4n) is 3.41. The Hall–Kier alpha value is -3.13. The molecule has 1 aromatic carbocycles. The normalized spacial score (nSPS) is 14.8. The van der Waals surface area contributed by atoms with Gasteiger partial charge in [-0.15, -0.1) is 0 Å². The molecule has 0 radical (unpaired) electrons. The van der Waals surface area contributed by atoms with Crippen LogP contribution in [-0.4, -0.2) is 68.0 Å². The second-order valence-electron chi connectivity index (χ2n) is 7.15. The molecule has 1 saturated heterocycles.